The van der Waals surface area contributed by atoms with Crippen molar-refractivity contribution in [2.45, 2.75) is 71.1 Å². The molecule has 0 aliphatic carbocycles. The lowest BCUT2D eigenvalue weighted by Crippen LogP contribution is -2.48. The van der Waals surface area contributed by atoms with Crippen LogP contribution in [0, 0.1) is 18.4 Å². The molecule has 0 radical (unpaired) electrons. The molecule has 0 N–H and O–H groups in total. The normalized spacial score (nSPS) is 20.6. The maximum Gasteiger partial charge on any atom is 0.410 e. The average Bonchev–Trinajstić information content (AvgIpc) is 3.63. The molecule has 0 bridgehead atoms. The highest BCUT2D eigenvalue weighted by atomic mass is 35.5. The first-order valence-corrected chi connectivity index (χ1v) is 17.0. The van der Waals surface area contributed by atoms with Crippen molar-refractivity contribution >= 4 is 29.3 Å². The van der Waals surface area contributed by atoms with Crippen molar-refractivity contribution in [1.29, 1.82) is 0 Å². The molecule has 47 heavy (non-hydrogen) atoms. The number of fused-ring (bicyclic) bond motifs is 1. The van der Waals surface area contributed by atoms with E-state index in [0.29, 0.717) is 35.2 Å². The fourth-order valence-electron chi connectivity index (χ4n) is 7.14. The van der Waals surface area contributed by atoms with Gasteiger partial charge in [-0.15, -0.1) is 0 Å². The number of likely N-dealkylation sites (tertiary alicyclic amines) is 2. The smallest absolute Gasteiger partial charge is 0.410 e. The van der Waals surface area contributed by atoms with Crippen LogP contribution >= 0.6 is 11.6 Å². The quantitative estimate of drug-likeness (QED) is 0.246. The molecule has 6 rings (SSSR count). The van der Waals surface area contributed by atoms with Crippen molar-refractivity contribution < 1.29 is 14.3 Å². The molecule has 4 heterocycles. The van der Waals surface area contributed by atoms with E-state index in [9.17, 15) is 4.79 Å². The van der Waals surface area contributed by atoms with E-state index in [4.69, 9.17) is 32.6 Å². The molecule has 1 aromatic heterocycles. The Labute approximate surface area is 283 Å². The Bertz CT molecular complexity index is 1610. The van der Waals surface area contributed by atoms with Crippen LogP contribution in [0.25, 0.3) is 4.85 Å². The first-order chi connectivity index (χ1) is 22.4. The van der Waals surface area contributed by atoms with E-state index in [1.165, 1.54) is 0 Å². The van der Waals surface area contributed by atoms with E-state index < -0.39 is 5.60 Å². The molecular formula is C37H45ClN6O3. The molecule has 1 amide bonds. The molecular weight excluding hydrogens is 612 g/mol. The van der Waals surface area contributed by atoms with Gasteiger partial charge in [-0.3, -0.25) is 4.90 Å². The summed E-state index contributed by atoms with van der Waals surface area (Å²) in [6.45, 7) is 23.4. The first-order valence-electron chi connectivity index (χ1n) is 16.6. The molecule has 0 saturated carbocycles. The van der Waals surface area contributed by atoms with Gasteiger partial charge < -0.3 is 19.3 Å². The number of anilines is 1. The van der Waals surface area contributed by atoms with Crippen LogP contribution in [0.1, 0.15) is 64.3 Å². The Morgan fingerprint density at radius 3 is 2.28 bits per heavy atom. The van der Waals surface area contributed by atoms with Gasteiger partial charge in [-0.1, -0.05) is 43.6 Å². The summed E-state index contributed by atoms with van der Waals surface area (Å²) in [6, 6.07) is 16.0. The Hall–Kier alpha value is -3.87. The number of halogens is 1. The summed E-state index contributed by atoms with van der Waals surface area (Å²) in [5.41, 5.74) is 2.71. The van der Waals surface area contributed by atoms with Gasteiger partial charge in [0.05, 0.1) is 12.3 Å². The second-order valence-corrected chi connectivity index (χ2v) is 15.1. The van der Waals surface area contributed by atoms with E-state index in [-0.39, 0.29) is 11.5 Å². The highest BCUT2D eigenvalue weighted by molar-refractivity contribution is 6.31. The summed E-state index contributed by atoms with van der Waals surface area (Å²) >= 11 is 6.29. The van der Waals surface area contributed by atoms with Gasteiger partial charge in [0.1, 0.15) is 18.0 Å². The van der Waals surface area contributed by atoms with Gasteiger partial charge in [0.2, 0.25) is 5.95 Å². The second kappa shape index (κ2) is 13.3. The lowest BCUT2D eigenvalue weighted by atomic mass is 9.78. The fourth-order valence-corrected chi connectivity index (χ4v) is 7.37. The Morgan fingerprint density at radius 2 is 1.64 bits per heavy atom. The number of amides is 1. The predicted molar refractivity (Wildman–Crippen MR) is 184 cm³/mol. The maximum absolute atomic E-state index is 12.5. The number of ether oxygens (including phenoxy) is 2. The number of nitrogens with zero attached hydrogens (tertiary/aromatic N) is 6. The third-order valence-corrected chi connectivity index (χ3v) is 10.0. The Morgan fingerprint density at radius 1 is 0.957 bits per heavy atom. The molecule has 2 unspecified atom stereocenters. The molecule has 3 fully saturated rings. The molecule has 3 aliphatic rings. The van der Waals surface area contributed by atoms with Crippen molar-refractivity contribution in [1.82, 2.24) is 19.8 Å². The van der Waals surface area contributed by atoms with Crippen molar-refractivity contribution in [2.24, 2.45) is 11.8 Å². The highest BCUT2D eigenvalue weighted by Crippen LogP contribution is 2.37. The second-order valence-electron chi connectivity index (χ2n) is 14.7. The predicted octanol–water partition coefficient (Wildman–Crippen LogP) is 7.35. The van der Waals surface area contributed by atoms with Crippen LogP contribution in [0.5, 0.6) is 5.75 Å². The molecule has 10 heteroatoms. The molecule has 2 atom stereocenters. The van der Waals surface area contributed by atoms with E-state index in [0.717, 1.165) is 80.6 Å². The summed E-state index contributed by atoms with van der Waals surface area (Å²) in [4.78, 5) is 32.4. The van der Waals surface area contributed by atoms with E-state index >= 15 is 0 Å². The minimum atomic E-state index is -0.460. The Kier molecular flexibility index (Phi) is 9.37. The number of carbonyl (C=O) groups excluding carboxylic acids is 1. The van der Waals surface area contributed by atoms with Crippen LogP contribution < -0.4 is 9.64 Å². The number of hydrogen-bond donors (Lipinski definition) is 0. The maximum atomic E-state index is 12.5. The summed E-state index contributed by atoms with van der Waals surface area (Å²) in [6.07, 6.45) is 3.63. The molecule has 3 saturated heterocycles. The fraction of sp³-hybridized carbons (Fsp3) is 0.514. The van der Waals surface area contributed by atoms with Crippen LogP contribution in [-0.4, -0.2) is 76.8 Å². The van der Waals surface area contributed by atoms with Gasteiger partial charge in [0.25, 0.3) is 0 Å². The van der Waals surface area contributed by atoms with Crippen molar-refractivity contribution in [2.75, 3.05) is 44.2 Å². The summed E-state index contributed by atoms with van der Waals surface area (Å²) in [7, 11) is 0. The van der Waals surface area contributed by atoms with Gasteiger partial charge in [-0.2, -0.15) is 0 Å². The zero-order valence-corrected chi connectivity index (χ0v) is 28.8. The van der Waals surface area contributed by atoms with E-state index in [2.05, 4.69) is 45.6 Å². The SMILES string of the molecule is [C-]#[N+]c1cc(Cl)cc(C(C)(C)c2ccc(OCc3ccnc(N4CC5CN(C6CCN(C(=O)OC(C)(C)C)CC6)CC5C4)n3)cc2)c1. The average molecular weight is 657 g/mol. The molecule has 2 aromatic carbocycles. The number of aromatic nitrogens is 2. The number of rotatable bonds is 7. The molecule has 0 spiro atoms. The number of carbonyl (C=O) groups is 1. The summed E-state index contributed by atoms with van der Waals surface area (Å²) in [5, 5.41) is 0.568. The van der Waals surface area contributed by atoms with Crippen molar-refractivity contribution in [3.05, 3.63) is 88.0 Å². The standard InChI is InChI=1S/C37H45ClN6O3/c1-36(2,3)47-35(45)42-15-12-32(13-16-42)43-20-25-22-44(23-26(25)21-43)34-40-14-11-30(41-34)24-46-33-9-7-27(8-10-33)37(4,5)28-17-29(38)19-31(18-28)39-6/h7-11,14,17-19,25-26,32H,12-13,15-16,20-24H2,1-5H3. The van der Waals surface area contributed by atoms with Gasteiger partial charge in [-0.05, 0) is 86.9 Å². The summed E-state index contributed by atoms with van der Waals surface area (Å²) in [5.74, 6) is 2.75. The number of hydrogen-bond acceptors (Lipinski definition) is 7. The third-order valence-electron chi connectivity index (χ3n) is 9.83. The van der Waals surface area contributed by atoms with E-state index in [1.807, 2.05) is 62.2 Å². The van der Waals surface area contributed by atoms with Crippen molar-refractivity contribution in [3.63, 3.8) is 0 Å². The van der Waals surface area contributed by atoms with Crippen molar-refractivity contribution in [3.8, 4) is 5.75 Å². The molecule has 248 valence electrons. The number of piperidine rings is 1. The van der Waals surface area contributed by atoms with Crippen LogP contribution in [0.2, 0.25) is 5.02 Å². The lowest BCUT2D eigenvalue weighted by Gasteiger charge is -2.37. The Balaban J connectivity index is 0.993. The molecule has 9 nitrogen and oxygen atoms in total. The topological polar surface area (TPSA) is 75.4 Å². The van der Waals surface area contributed by atoms with Gasteiger partial charge in [0, 0.05) is 61.9 Å². The lowest BCUT2D eigenvalue weighted by molar-refractivity contribution is 0.0152. The minimum absolute atomic E-state index is 0.193. The van der Waals surface area contributed by atoms with Crippen LogP contribution in [0.15, 0.2) is 54.7 Å². The first kappa shape index (κ1) is 33.0. The third kappa shape index (κ3) is 7.66. The van der Waals surface area contributed by atoms with Crippen LogP contribution in [0.3, 0.4) is 0 Å². The van der Waals surface area contributed by atoms with Gasteiger partial charge in [-0.25, -0.2) is 19.6 Å². The summed E-state index contributed by atoms with van der Waals surface area (Å²) < 4.78 is 11.7. The highest BCUT2D eigenvalue weighted by Gasteiger charge is 2.43. The number of benzene rings is 2. The zero-order chi connectivity index (χ0) is 33.3. The largest absolute Gasteiger partial charge is 0.487 e. The van der Waals surface area contributed by atoms with Gasteiger partial charge >= 0.3 is 6.09 Å². The monoisotopic (exact) mass is 656 g/mol. The van der Waals surface area contributed by atoms with Gasteiger partial charge in [0.15, 0.2) is 5.69 Å². The van der Waals surface area contributed by atoms with Crippen LogP contribution in [-0.2, 0) is 16.8 Å². The molecule has 3 aliphatic heterocycles. The minimum Gasteiger partial charge on any atom is -0.487 e. The molecule has 3 aromatic rings. The van der Waals surface area contributed by atoms with Crippen LogP contribution in [0.4, 0.5) is 16.4 Å². The van der Waals surface area contributed by atoms with E-state index in [1.54, 1.807) is 6.07 Å². The zero-order valence-electron chi connectivity index (χ0n) is 28.1.